The molecule has 0 heterocycles. The molecule has 0 amide bonds. The number of nitrogens with zero attached hydrogens (tertiary/aromatic N) is 1. The van der Waals surface area contributed by atoms with Crippen LogP contribution in [0.25, 0.3) is 0 Å². The Kier molecular flexibility index (Phi) is 6.18. The molecule has 0 atom stereocenters. The summed E-state index contributed by atoms with van der Waals surface area (Å²) >= 11 is 0. The van der Waals surface area contributed by atoms with Gasteiger partial charge in [-0.05, 0) is 36.8 Å². The van der Waals surface area contributed by atoms with E-state index in [0.29, 0.717) is 0 Å². The third-order valence-corrected chi connectivity index (χ3v) is 3.25. The monoisotopic (exact) mass is 252 g/mol. The predicted molar refractivity (Wildman–Crippen MR) is 81.4 cm³/mol. The summed E-state index contributed by atoms with van der Waals surface area (Å²) in [5, 5.41) is 4.60. The zero-order valence-electron chi connectivity index (χ0n) is 11.5. The number of hydrogen-bond acceptors (Lipinski definition) is 0. The minimum atomic E-state index is 0.990. The first-order chi connectivity index (χ1) is 9.45. The second-order valence-electron chi connectivity index (χ2n) is 4.85. The highest BCUT2D eigenvalue weighted by Gasteiger charge is 1.94. The van der Waals surface area contributed by atoms with E-state index in [-0.39, 0.29) is 0 Å². The highest BCUT2D eigenvalue weighted by Crippen LogP contribution is 2.03. The summed E-state index contributed by atoms with van der Waals surface area (Å²) < 4.78 is 0. The van der Waals surface area contributed by atoms with Crippen molar-refractivity contribution in [2.45, 2.75) is 25.7 Å². The quantitative estimate of drug-likeness (QED) is 0.633. The van der Waals surface area contributed by atoms with E-state index >= 15 is 0 Å². The molecule has 0 saturated carbocycles. The van der Waals surface area contributed by atoms with Crippen molar-refractivity contribution in [1.82, 2.24) is 5.32 Å². The van der Waals surface area contributed by atoms with Gasteiger partial charge in [-0.1, -0.05) is 60.7 Å². The molecule has 1 radical (unpaired) electrons. The van der Waals surface area contributed by atoms with E-state index in [1.165, 1.54) is 11.1 Å². The van der Waals surface area contributed by atoms with Gasteiger partial charge < -0.3 is 0 Å². The van der Waals surface area contributed by atoms with Gasteiger partial charge in [0.1, 0.15) is 0 Å². The minimum absolute atomic E-state index is 0.990. The fraction of sp³-hybridized carbons (Fsp3) is 0.333. The zero-order valence-corrected chi connectivity index (χ0v) is 11.5. The van der Waals surface area contributed by atoms with Crippen molar-refractivity contribution in [1.29, 1.82) is 0 Å². The summed E-state index contributed by atoms with van der Waals surface area (Å²) in [4.78, 5) is 0. The molecule has 0 N–H and O–H groups in total. The van der Waals surface area contributed by atoms with Crippen LogP contribution >= 0.6 is 0 Å². The molecule has 0 aromatic heterocycles. The molecular formula is C18H22N. The van der Waals surface area contributed by atoms with Gasteiger partial charge >= 0.3 is 0 Å². The Bertz CT molecular complexity index is 392. The summed E-state index contributed by atoms with van der Waals surface area (Å²) in [5.74, 6) is 0. The Morgan fingerprint density at radius 1 is 0.579 bits per heavy atom. The predicted octanol–water partition coefficient (Wildman–Crippen LogP) is 3.86. The van der Waals surface area contributed by atoms with Crippen LogP contribution in [-0.2, 0) is 12.8 Å². The molecule has 1 heteroatoms. The van der Waals surface area contributed by atoms with Crippen molar-refractivity contribution in [3.63, 3.8) is 0 Å². The number of aryl methyl sites for hydroxylation is 2. The Morgan fingerprint density at radius 2 is 1.00 bits per heavy atom. The lowest BCUT2D eigenvalue weighted by molar-refractivity contribution is 0.611. The van der Waals surface area contributed by atoms with E-state index in [1.807, 2.05) is 0 Å². The first-order valence-corrected chi connectivity index (χ1v) is 7.16. The summed E-state index contributed by atoms with van der Waals surface area (Å²) in [7, 11) is 0. The fourth-order valence-electron chi connectivity index (χ4n) is 2.19. The van der Waals surface area contributed by atoms with Gasteiger partial charge in [0.2, 0.25) is 0 Å². The third kappa shape index (κ3) is 5.71. The SMILES string of the molecule is c1ccc(CCC[N]CCCc2ccccc2)cc1. The zero-order chi connectivity index (χ0) is 13.2. The summed E-state index contributed by atoms with van der Waals surface area (Å²) in [6.07, 6.45) is 4.61. The molecule has 0 spiro atoms. The van der Waals surface area contributed by atoms with E-state index in [4.69, 9.17) is 0 Å². The van der Waals surface area contributed by atoms with E-state index in [0.717, 1.165) is 38.8 Å². The average molecular weight is 252 g/mol. The topological polar surface area (TPSA) is 14.1 Å². The van der Waals surface area contributed by atoms with Gasteiger partial charge in [-0.3, -0.25) is 0 Å². The van der Waals surface area contributed by atoms with Crippen molar-refractivity contribution in [3.05, 3.63) is 71.8 Å². The van der Waals surface area contributed by atoms with E-state index in [1.54, 1.807) is 0 Å². The van der Waals surface area contributed by atoms with Crippen molar-refractivity contribution >= 4 is 0 Å². The van der Waals surface area contributed by atoms with Crippen LogP contribution in [-0.4, -0.2) is 13.1 Å². The number of benzene rings is 2. The molecule has 0 bridgehead atoms. The maximum Gasteiger partial charge on any atom is 0.0136 e. The molecule has 99 valence electrons. The van der Waals surface area contributed by atoms with Crippen molar-refractivity contribution in [3.8, 4) is 0 Å². The van der Waals surface area contributed by atoms with E-state index < -0.39 is 0 Å². The van der Waals surface area contributed by atoms with Crippen LogP contribution in [0.4, 0.5) is 0 Å². The van der Waals surface area contributed by atoms with Crippen LogP contribution in [0.5, 0.6) is 0 Å². The summed E-state index contributed by atoms with van der Waals surface area (Å²) in [6.45, 7) is 1.98. The van der Waals surface area contributed by atoms with Gasteiger partial charge in [0, 0.05) is 13.1 Å². The second kappa shape index (κ2) is 8.49. The lowest BCUT2D eigenvalue weighted by atomic mass is 10.1. The number of rotatable bonds is 8. The highest BCUT2D eigenvalue weighted by atomic mass is 14.8. The van der Waals surface area contributed by atoms with Crippen LogP contribution in [0.3, 0.4) is 0 Å². The summed E-state index contributed by atoms with van der Waals surface area (Å²) in [6, 6.07) is 21.3. The van der Waals surface area contributed by atoms with Crippen LogP contribution in [0.1, 0.15) is 24.0 Å². The number of hydrogen-bond donors (Lipinski definition) is 0. The molecule has 19 heavy (non-hydrogen) atoms. The molecule has 2 rings (SSSR count). The van der Waals surface area contributed by atoms with Crippen LogP contribution in [0, 0.1) is 0 Å². The van der Waals surface area contributed by atoms with Gasteiger partial charge in [-0.15, -0.1) is 0 Å². The Morgan fingerprint density at radius 3 is 1.42 bits per heavy atom. The molecule has 0 aliphatic rings. The molecule has 0 aliphatic carbocycles. The molecule has 0 aliphatic heterocycles. The van der Waals surface area contributed by atoms with Crippen molar-refractivity contribution in [2.75, 3.05) is 13.1 Å². The largest absolute Gasteiger partial charge is 0.242 e. The minimum Gasteiger partial charge on any atom is -0.242 e. The molecule has 0 saturated heterocycles. The Balaban J connectivity index is 1.49. The second-order valence-corrected chi connectivity index (χ2v) is 4.85. The van der Waals surface area contributed by atoms with Crippen LogP contribution in [0.2, 0.25) is 0 Å². The maximum atomic E-state index is 4.60. The molecular weight excluding hydrogens is 230 g/mol. The Hall–Kier alpha value is -1.60. The van der Waals surface area contributed by atoms with E-state index in [2.05, 4.69) is 66.0 Å². The average Bonchev–Trinajstić information content (AvgIpc) is 2.48. The van der Waals surface area contributed by atoms with Crippen molar-refractivity contribution in [2.24, 2.45) is 0 Å². The smallest absolute Gasteiger partial charge is 0.0136 e. The molecule has 0 unspecified atom stereocenters. The van der Waals surface area contributed by atoms with Gasteiger partial charge in [-0.2, -0.15) is 0 Å². The lowest BCUT2D eigenvalue weighted by Crippen LogP contribution is -2.10. The normalized spacial score (nSPS) is 10.5. The third-order valence-electron chi connectivity index (χ3n) is 3.25. The van der Waals surface area contributed by atoms with Crippen LogP contribution < -0.4 is 5.32 Å². The molecule has 1 nitrogen and oxygen atoms in total. The van der Waals surface area contributed by atoms with Gasteiger partial charge in [0.05, 0.1) is 0 Å². The van der Waals surface area contributed by atoms with Gasteiger partial charge in [-0.25, -0.2) is 5.32 Å². The highest BCUT2D eigenvalue weighted by molar-refractivity contribution is 5.15. The van der Waals surface area contributed by atoms with Gasteiger partial charge in [0.15, 0.2) is 0 Å². The first-order valence-electron chi connectivity index (χ1n) is 7.16. The van der Waals surface area contributed by atoms with Crippen LogP contribution in [0.15, 0.2) is 60.7 Å². The molecule has 2 aromatic carbocycles. The lowest BCUT2D eigenvalue weighted by Gasteiger charge is -2.03. The van der Waals surface area contributed by atoms with Crippen molar-refractivity contribution < 1.29 is 0 Å². The standard InChI is InChI=1S/C18H22N/c1-3-9-17(10-4-1)13-7-15-19-16-8-14-18-11-5-2-6-12-18/h1-6,9-12H,7-8,13-16H2. The summed E-state index contributed by atoms with van der Waals surface area (Å²) in [5.41, 5.74) is 2.84. The van der Waals surface area contributed by atoms with Gasteiger partial charge in [0.25, 0.3) is 0 Å². The Labute approximate surface area is 116 Å². The fourth-order valence-corrected chi connectivity index (χ4v) is 2.19. The van der Waals surface area contributed by atoms with E-state index in [9.17, 15) is 0 Å². The molecule has 2 aromatic rings. The first kappa shape index (κ1) is 13.8. The molecule has 0 fully saturated rings. The maximum absolute atomic E-state index is 4.60.